The van der Waals surface area contributed by atoms with E-state index in [1.807, 2.05) is 6.92 Å². The standard InChI is InChI=1S/C6H12O2/c1-3-5-8-6(7)4-2/h3,6-7H,1,4-5H2,2H3. The van der Waals surface area contributed by atoms with Crippen LogP contribution < -0.4 is 0 Å². The highest BCUT2D eigenvalue weighted by atomic mass is 16.6. The Morgan fingerprint density at radius 2 is 2.50 bits per heavy atom. The smallest absolute Gasteiger partial charge is 0.154 e. The zero-order valence-corrected chi connectivity index (χ0v) is 5.13. The lowest BCUT2D eigenvalue weighted by Gasteiger charge is -2.05. The van der Waals surface area contributed by atoms with Crippen LogP contribution in [0.5, 0.6) is 0 Å². The van der Waals surface area contributed by atoms with Crippen LogP contribution in [0.2, 0.25) is 0 Å². The maximum atomic E-state index is 8.72. The van der Waals surface area contributed by atoms with Crippen molar-refractivity contribution in [3.8, 4) is 0 Å². The van der Waals surface area contributed by atoms with Crippen molar-refractivity contribution in [1.29, 1.82) is 0 Å². The molecule has 2 heteroatoms. The zero-order valence-electron chi connectivity index (χ0n) is 5.13. The van der Waals surface area contributed by atoms with Gasteiger partial charge in [-0.1, -0.05) is 13.0 Å². The average Bonchev–Trinajstić information content (AvgIpc) is 1.83. The Morgan fingerprint density at radius 3 is 2.88 bits per heavy atom. The summed E-state index contributed by atoms with van der Waals surface area (Å²) in [7, 11) is 0. The summed E-state index contributed by atoms with van der Waals surface area (Å²) >= 11 is 0. The van der Waals surface area contributed by atoms with Crippen LogP contribution in [-0.2, 0) is 4.74 Å². The molecule has 0 heterocycles. The number of hydrogen-bond donors (Lipinski definition) is 1. The molecule has 0 fully saturated rings. The molecule has 0 aliphatic rings. The van der Waals surface area contributed by atoms with Gasteiger partial charge in [0.25, 0.3) is 0 Å². The first kappa shape index (κ1) is 7.66. The average molecular weight is 116 g/mol. The fourth-order valence-electron chi connectivity index (χ4n) is 0.297. The summed E-state index contributed by atoms with van der Waals surface area (Å²) in [5.74, 6) is 0. The highest BCUT2D eigenvalue weighted by Crippen LogP contribution is 1.90. The Bertz CT molecular complexity index is 61.5. The third-order valence-corrected chi connectivity index (χ3v) is 0.756. The summed E-state index contributed by atoms with van der Waals surface area (Å²) in [6, 6.07) is 0. The quantitative estimate of drug-likeness (QED) is 0.437. The van der Waals surface area contributed by atoms with Gasteiger partial charge in [0, 0.05) is 0 Å². The first-order valence-corrected chi connectivity index (χ1v) is 2.71. The molecule has 0 aromatic carbocycles. The van der Waals surface area contributed by atoms with Crippen molar-refractivity contribution in [2.75, 3.05) is 6.61 Å². The van der Waals surface area contributed by atoms with E-state index in [-0.39, 0.29) is 0 Å². The van der Waals surface area contributed by atoms with Crippen LogP contribution in [0.4, 0.5) is 0 Å². The molecule has 1 atom stereocenters. The largest absolute Gasteiger partial charge is 0.368 e. The van der Waals surface area contributed by atoms with Gasteiger partial charge in [0.15, 0.2) is 6.29 Å². The van der Waals surface area contributed by atoms with E-state index in [0.29, 0.717) is 13.0 Å². The lowest BCUT2D eigenvalue weighted by atomic mass is 10.5. The van der Waals surface area contributed by atoms with E-state index in [0.717, 1.165) is 0 Å². The van der Waals surface area contributed by atoms with Gasteiger partial charge in [-0.2, -0.15) is 0 Å². The fourth-order valence-corrected chi connectivity index (χ4v) is 0.297. The molecule has 0 amide bonds. The maximum Gasteiger partial charge on any atom is 0.154 e. The Balaban J connectivity index is 2.97. The van der Waals surface area contributed by atoms with E-state index in [2.05, 4.69) is 6.58 Å². The zero-order chi connectivity index (χ0) is 6.41. The van der Waals surface area contributed by atoms with Gasteiger partial charge < -0.3 is 9.84 Å². The summed E-state index contributed by atoms with van der Waals surface area (Å²) < 4.78 is 4.78. The predicted octanol–water partition coefficient (Wildman–Crippen LogP) is 0.917. The first-order valence-electron chi connectivity index (χ1n) is 2.71. The molecule has 8 heavy (non-hydrogen) atoms. The Hall–Kier alpha value is -0.340. The van der Waals surface area contributed by atoms with Crippen molar-refractivity contribution >= 4 is 0 Å². The molecule has 0 saturated heterocycles. The van der Waals surface area contributed by atoms with Gasteiger partial charge in [-0.05, 0) is 6.42 Å². The van der Waals surface area contributed by atoms with Gasteiger partial charge in [0.05, 0.1) is 6.61 Å². The maximum absolute atomic E-state index is 8.72. The van der Waals surface area contributed by atoms with Crippen LogP contribution in [-0.4, -0.2) is 18.0 Å². The van der Waals surface area contributed by atoms with Gasteiger partial charge in [0.2, 0.25) is 0 Å². The molecule has 0 rings (SSSR count). The van der Waals surface area contributed by atoms with Gasteiger partial charge >= 0.3 is 0 Å². The minimum atomic E-state index is -0.618. The molecule has 48 valence electrons. The molecule has 0 bridgehead atoms. The van der Waals surface area contributed by atoms with E-state index in [9.17, 15) is 0 Å². The third-order valence-electron chi connectivity index (χ3n) is 0.756. The van der Waals surface area contributed by atoms with Crippen LogP contribution in [0.1, 0.15) is 13.3 Å². The molecule has 0 aromatic heterocycles. The molecule has 0 spiro atoms. The normalized spacial score (nSPS) is 13.2. The molecule has 0 saturated carbocycles. The number of aliphatic hydroxyl groups excluding tert-OH is 1. The summed E-state index contributed by atoms with van der Waals surface area (Å²) in [5.41, 5.74) is 0. The number of aliphatic hydroxyl groups is 1. The molecule has 0 aromatic rings. The highest BCUT2D eigenvalue weighted by Gasteiger charge is 1.94. The van der Waals surface area contributed by atoms with Gasteiger partial charge in [0.1, 0.15) is 0 Å². The van der Waals surface area contributed by atoms with Crippen molar-refractivity contribution in [3.63, 3.8) is 0 Å². The third kappa shape index (κ3) is 3.84. The van der Waals surface area contributed by atoms with E-state index in [4.69, 9.17) is 9.84 Å². The molecule has 2 nitrogen and oxygen atoms in total. The lowest BCUT2D eigenvalue weighted by molar-refractivity contribution is -0.0896. The summed E-state index contributed by atoms with van der Waals surface area (Å²) in [6.07, 6.45) is 1.63. The van der Waals surface area contributed by atoms with E-state index in [1.54, 1.807) is 6.08 Å². The molecule has 0 aliphatic heterocycles. The van der Waals surface area contributed by atoms with Gasteiger partial charge in [-0.15, -0.1) is 6.58 Å². The van der Waals surface area contributed by atoms with Crippen molar-refractivity contribution < 1.29 is 9.84 Å². The van der Waals surface area contributed by atoms with Crippen LogP contribution >= 0.6 is 0 Å². The lowest BCUT2D eigenvalue weighted by Crippen LogP contribution is -2.09. The second-order valence-electron chi connectivity index (χ2n) is 1.48. The van der Waals surface area contributed by atoms with Gasteiger partial charge in [-0.25, -0.2) is 0 Å². The molecule has 1 unspecified atom stereocenters. The molecular formula is C6H12O2. The number of rotatable bonds is 4. The number of ether oxygens (including phenoxy) is 1. The second kappa shape index (κ2) is 4.81. The van der Waals surface area contributed by atoms with Crippen LogP contribution in [0, 0.1) is 0 Å². The second-order valence-corrected chi connectivity index (χ2v) is 1.48. The molecule has 1 N–H and O–H groups in total. The van der Waals surface area contributed by atoms with Crippen molar-refractivity contribution in [2.24, 2.45) is 0 Å². The number of hydrogen-bond acceptors (Lipinski definition) is 2. The van der Waals surface area contributed by atoms with E-state index >= 15 is 0 Å². The molecule has 0 radical (unpaired) electrons. The van der Waals surface area contributed by atoms with Crippen LogP contribution in [0.3, 0.4) is 0 Å². The minimum Gasteiger partial charge on any atom is -0.368 e. The summed E-state index contributed by atoms with van der Waals surface area (Å²) in [6.45, 7) is 5.71. The van der Waals surface area contributed by atoms with Crippen molar-refractivity contribution in [1.82, 2.24) is 0 Å². The topological polar surface area (TPSA) is 29.5 Å². The Morgan fingerprint density at radius 1 is 1.88 bits per heavy atom. The molecule has 0 aliphatic carbocycles. The van der Waals surface area contributed by atoms with Crippen LogP contribution in [0.15, 0.2) is 12.7 Å². The monoisotopic (exact) mass is 116 g/mol. The Kier molecular flexibility index (Phi) is 4.61. The highest BCUT2D eigenvalue weighted by molar-refractivity contribution is 4.63. The van der Waals surface area contributed by atoms with Gasteiger partial charge in [-0.3, -0.25) is 0 Å². The fraction of sp³-hybridized carbons (Fsp3) is 0.667. The van der Waals surface area contributed by atoms with Crippen LogP contribution in [0.25, 0.3) is 0 Å². The summed E-state index contributed by atoms with van der Waals surface area (Å²) in [4.78, 5) is 0. The van der Waals surface area contributed by atoms with Crippen molar-refractivity contribution in [2.45, 2.75) is 19.6 Å². The van der Waals surface area contributed by atoms with E-state index < -0.39 is 6.29 Å². The summed E-state index contributed by atoms with van der Waals surface area (Å²) in [5, 5.41) is 8.72. The SMILES string of the molecule is C=CCOC(O)CC. The van der Waals surface area contributed by atoms with E-state index in [1.165, 1.54) is 0 Å². The minimum absolute atomic E-state index is 0.426. The molecular weight excluding hydrogens is 104 g/mol. The predicted molar refractivity (Wildman–Crippen MR) is 32.4 cm³/mol. The van der Waals surface area contributed by atoms with Crippen molar-refractivity contribution in [3.05, 3.63) is 12.7 Å². The first-order chi connectivity index (χ1) is 3.81. The Labute approximate surface area is 49.8 Å².